The van der Waals surface area contributed by atoms with Crippen LogP contribution in [-0.4, -0.2) is 31.4 Å². The molecule has 9 nitrogen and oxygen atoms in total. The van der Waals surface area contributed by atoms with Gasteiger partial charge in [-0.15, -0.1) is 5.10 Å². The van der Waals surface area contributed by atoms with Crippen LogP contribution >= 0.6 is 0 Å². The maximum Gasteiger partial charge on any atom is 0.245 e. The van der Waals surface area contributed by atoms with Gasteiger partial charge in [0.2, 0.25) is 17.8 Å². The molecule has 2 heterocycles. The standard InChI is InChI=1S/C27H25N7O2/c1-18-11-13-19(14-12-18)17-28-23(35)15-16-24(36)31-32-27-29-22-10-6-5-9-21(22)26-30-25(33-34(26)27)20-7-3-2-4-8-20/h2-14H,15-17H2,1H3,(H,28,35)(H,29,32)(H,31,36). The Balaban J connectivity index is 1.25. The molecule has 3 aromatic carbocycles. The minimum Gasteiger partial charge on any atom is -0.352 e. The van der Waals surface area contributed by atoms with Crippen molar-refractivity contribution in [3.63, 3.8) is 0 Å². The lowest BCUT2D eigenvalue weighted by molar-refractivity contribution is -0.126. The summed E-state index contributed by atoms with van der Waals surface area (Å²) in [6.07, 6.45) is 0.0947. The number of benzene rings is 3. The number of carbonyl (C=O) groups is 2. The molecule has 9 heteroatoms. The minimum absolute atomic E-state index is 0.0239. The summed E-state index contributed by atoms with van der Waals surface area (Å²) in [6.45, 7) is 2.44. The first-order chi connectivity index (χ1) is 17.6. The highest BCUT2D eigenvalue weighted by Gasteiger charge is 2.15. The third-order valence-corrected chi connectivity index (χ3v) is 5.71. The number of aryl methyl sites for hydroxylation is 1. The Hall–Kier alpha value is -4.79. The SMILES string of the molecule is Cc1ccc(CNC(=O)CCC(=O)NNc2nc3ccccc3c3nc(-c4ccccc4)nn23)cc1. The van der Waals surface area contributed by atoms with E-state index in [1.54, 1.807) is 4.52 Å². The molecule has 0 fully saturated rings. The van der Waals surface area contributed by atoms with E-state index in [9.17, 15) is 9.59 Å². The number of fused-ring (bicyclic) bond motifs is 3. The predicted molar refractivity (Wildman–Crippen MR) is 138 cm³/mol. The van der Waals surface area contributed by atoms with E-state index in [0.717, 1.165) is 22.1 Å². The van der Waals surface area contributed by atoms with Crippen molar-refractivity contribution in [1.29, 1.82) is 0 Å². The molecular formula is C27H25N7O2. The first-order valence-electron chi connectivity index (χ1n) is 11.6. The lowest BCUT2D eigenvalue weighted by Gasteiger charge is -2.10. The van der Waals surface area contributed by atoms with Crippen LogP contribution < -0.4 is 16.2 Å². The minimum atomic E-state index is -0.341. The van der Waals surface area contributed by atoms with Crippen molar-refractivity contribution in [2.45, 2.75) is 26.3 Å². The fourth-order valence-electron chi connectivity index (χ4n) is 3.76. The zero-order valence-corrected chi connectivity index (χ0v) is 19.7. The van der Waals surface area contributed by atoms with E-state index in [2.05, 4.69) is 26.3 Å². The molecule has 36 heavy (non-hydrogen) atoms. The number of hydrogen-bond acceptors (Lipinski definition) is 6. The third-order valence-electron chi connectivity index (χ3n) is 5.71. The molecule has 180 valence electrons. The fraction of sp³-hybridized carbons (Fsp3) is 0.148. The fourth-order valence-corrected chi connectivity index (χ4v) is 3.76. The Kier molecular flexibility index (Phi) is 6.53. The highest BCUT2D eigenvalue weighted by atomic mass is 16.2. The number of para-hydroxylation sites is 1. The van der Waals surface area contributed by atoms with E-state index in [4.69, 9.17) is 4.98 Å². The van der Waals surface area contributed by atoms with Crippen molar-refractivity contribution in [3.8, 4) is 11.4 Å². The molecule has 5 rings (SSSR count). The number of hydrogen-bond donors (Lipinski definition) is 3. The van der Waals surface area contributed by atoms with Gasteiger partial charge in [-0.05, 0) is 24.6 Å². The zero-order valence-electron chi connectivity index (χ0n) is 19.7. The number of nitrogens with zero attached hydrogens (tertiary/aromatic N) is 4. The summed E-state index contributed by atoms with van der Waals surface area (Å²) in [4.78, 5) is 33.9. The van der Waals surface area contributed by atoms with Crippen molar-refractivity contribution < 1.29 is 9.59 Å². The lowest BCUT2D eigenvalue weighted by atomic mass is 10.1. The summed E-state index contributed by atoms with van der Waals surface area (Å²) in [7, 11) is 0. The Morgan fingerprint density at radius 3 is 2.36 bits per heavy atom. The summed E-state index contributed by atoms with van der Waals surface area (Å²) in [5.41, 5.74) is 9.84. The monoisotopic (exact) mass is 479 g/mol. The van der Waals surface area contributed by atoms with Crippen LogP contribution in [-0.2, 0) is 16.1 Å². The van der Waals surface area contributed by atoms with Gasteiger partial charge in [0.05, 0.1) is 5.52 Å². The topological polar surface area (TPSA) is 113 Å². The number of rotatable bonds is 8. The van der Waals surface area contributed by atoms with Gasteiger partial charge < -0.3 is 5.32 Å². The van der Waals surface area contributed by atoms with Gasteiger partial charge in [-0.25, -0.2) is 9.97 Å². The molecule has 3 N–H and O–H groups in total. The van der Waals surface area contributed by atoms with Crippen molar-refractivity contribution in [2.24, 2.45) is 0 Å². The van der Waals surface area contributed by atoms with E-state index in [0.29, 0.717) is 29.5 Å². The van der Waals surface area contributed by atoms with Crippen molar-refractivity contribution >= 4 is 34.3 Å². The first kappa shape index (κ1) is 23.0. The van der Waals surface area contributed by atoms with Crippen LogP contribution in [0.4, 0.5) is 5.95 Å². The summed E-state index contributed by atoms with van der Waals surface area (Å²) in [5.74, 6) is 0.330. The van der Waals surface area contributed by atoms with Crippen molar-refractivity contribution in [1.82, 2.24) is 30.3 Å². The molecule has 0 spiro atoms. The van der Waals surface area contributed by atoms with Gasteiger partial charge >= 0.3 is 0 Å². The predicted octanol–water partition coefficient (Wildman–Crippen LogP) is 3.79. The maximum absolute atomic E-state index is 12.4. The lowest BCUT2D eigenvalue weighted by Crippen LogP contribution is -2.32. The largest absolute Gasteiger partial charge is 0.352 e. The zero-order chi connectivity index (χ0) is 24.9. The van der Waals surface area contributed by atoms with Crippen molar-refractivity contribution in [3.05, 3.63) is 90.0 Å². The van der Waals surface area contributed by atoms with Gasteiger partial charge in [0.15, 0.2) is 11.5 Å². The Bertz CT molecular complexity index is 1530. The Morgan fingerprint density at radius 1 is 0.833 bits per heavy atom. The van der Waals surface area contributed by atoms with Gasteiger partial charge in [0.25, 0.3) is 0 Å². The number of amides is 2. The molecule has 0 bridgehead atoms. The summed E-state index contributed by atoms with van der Waals surface area (Å²) in [5, 5.41) is 8.29. The third kappa shape index (κ3) is 5.15. The van der Waals surface area contributed by atoms with Crippen molar-refractivity contribution in [2.75, 3.05) is 5.43 Å². The van der Waals surface area contributed by atoms with Crippen LogP contribution in [0, 0.1) is 6.92 Å². The quantitative estimate of drug-likeness (QED) is 0.292. The maximum atomic E-state index is 12.4. The first-order valence-corrected chi connectivity index (χ1v) is 11.6. The molecule has 0 saturated heterocycles. The molecule has 0 atom stereocenters. The number of anilines is 1. The second kappa shape index (κ2) is 10.2. The van der Waals surface area contributed by atoms with Gasteiger partial charge in [0.1, 0.15) is 0 Å². The second-order valence-corrected chi connectivity index (χ2v) is 8.42. The summed E-state index contributed by atoms with van der Waals surface area (Å²) < 4.78 is 1.57. The van der Waals surface area contributed by atoms with Gasteiger partial charge in [-0.2, -0.15) is 4.52 Å². The van der Waals surface area contributed by atoms with E-state index in [-0.39, 0.29) is 24.7 Å². The number of carbonyl (C=O) groups excluding carboxylic acids is 2. The molecular weight excluding hydrogens is 454 g/mol. The molecule has 0 aliphatic heterocycles. The Labute approximate surface area is 207 Å². The van der Waals surface area contributed by atoms with Gasteiger partial charge in [-0.3, -0.25) is 20.4 Å². The molecule has 2 amide bonds. The average molecular weight is 480 g/mol. The smallest absolute Gasteiger partial charge is 0.245 e. The van der Waals surface area contributed by atoms with E-state index in [1.165, 1.54) is 0 Å². The van der Waals surface area contributed by atoms with Gasteiger partial charge in [-0.1, -0.05) is 72.3 Å². The molecule has 0 unspecified atom stereocenters. The normalized spacial score (nSPS) is 10.9. The summed E-state index contributed by atoms with van der Waals surface area (Å²) in [6, 6.07) is 25.2. The molecule has 0 saturated carbocycles. The molecule has 0 radical (unpaired) electrons. The van der Waals surface area contributed by atoms with Crippen LogP contribution in [0.25, 0.3) is 27.9 Å². The number of nitrogens with one attached hydrogen (secondary N) is 3. The highest BCUT2D eigenvalue weighted by molar-refractivity contribution is 5.93. The van der Waals surface area contributed by atoms with E-state index < -0.39 is 0 Å². The van der Waals surface area contributed by atoms with Crippen LogP contribution in [0.3, 0.4) is 0 Å². The van der Waals surface area contributed by atoms with Crippen LogP contribution in [0.1, 0.15) is 24.0 Å². The molecule has 5 aromatic rings. The van der Waals surface area contributed by atoms with Crippen LogP contribution in [0.2, 0.25) is 0 Å². The van der Waals surface area contributed by atoms with Crippen LogP contribution in [0.15, 0.2) is 78.9 Å². The molecule has 0 aliphatic carbocycles. The Morgan fingerprint density at radius 2 is 1.56 bits per heavy atom. The number of aromatic nitrogens is 4. The van der Waals surface area contributed by atoms with Crippen LogP contribution in [0.5, 0.6) is 0 Å². The van der Waals surface area contributed by atoms with E-state index in [1.807, 2.05) is 85.8 Å². The average Bonchev–Trinajstić information content (AvgIpc) is 3.37. The second-order valence-electron chi connectivity index (χ2n) is 8.42. The molecule has 0 aliphatic rings. The van der Waals surface area contributed by atoms with Gasteiger partial charge in [0, 0.05) is 30.3 Å². The highest BCUT2D eigenvalue weighted by Crippen LogP contribution is 2.23. The summed E-state index contributed by atoms with van der Waals surface area (Å²) >= 11 is 0. The van der Waals surface area contributed by atoms with E-state index >= 15 is 0 Å². The number of hydrazine groups is 1. The molecule has 2 aromatic heterocycles.